The lowest BCUT2D eigenvalue weighted by molar-refractivity contribution is 0.415. The Labute approximate surface area is 127 Å². The molecule has 0 saturated heterocycles. The molecule has 106 valence electrons. The van der Waals surface area contributed by atoms with Crippen molar-refractivity contribution in [1.82, 2.24) is 0 Å². The Kier molecular flexibility index (Phi) is 4.73. The molecular formula is C15H14Cl2FNO. The molecule has 2 aromatic rings. The first-order valence-corrected chi connectivity index (χ1v) is 6.82. The lowest BCUT2D eigenvalue weighted by Gasteiger charge is -2.17. The van der Waals surface area contributed by atoms with Gasteiger partial charge in [-0.3, -0.25) is 0 Å². The van der Waals surface area contributed by atoms with Crippen LogP contribution in [0, 0.1) is 5.82 Å². The van der Waals surface area contributed by atoms with E-state index in [1.807, 2.05) is 13.0 Å². The Hall–Kier alpha value is -1.45. The van der Waals surface area contributed by atoms with E-state index in [1.165, 1.54) is 12.1 Å². The molecule has 5 heteroatoms. The molecule has 0 saturated carbocycles. The number of nitrogens with one attached hydrogen (secondary N) is 1. The molecule has 0 radical (unpaired) electrons. The molecular weight excluding hydrogens is 300 g/mol. The quantitative estimate of drug-likeness (QED) is 0.825. The van der Waals surface area contributed by atoms with Gasteiger partial charge in [0.2, 0.25) is 0 Å². The molecule has 0 aliphatic carbocycles. The number of methoxy groups -OCH3 is 1. The maximum atomic E-state index is 13.0. The smallest absolute Gasteiger partial charge is 0.137 e. The van der Waals surface area contributed by atoms with Gasteiger partial charge >= 0.3 is 0 Å². The summed E-state index contributed by atoms with van der Waals surface area (Å²) in [5.41, 5.74) is 1.66. The molecule has 0 fully saturated rings. The topological polar surface area (TPSA) is 21.3 Å². The van der Waals surface area contributed by atoms with Crippen LogP contribution in [0.1, 0.15) is 18.5 Å². The highest BCUT2D eigenvalue weighted by atomic mass is 35.5. The molecule has 1 unspecified atom stereocenters. The van der Waals surface area contributed by atoms with Crippen LogP contribution in [0.15, 0.2) is 36.4 Å². The van der Waals surface area contributed by atoms with E-state index < -0.39 is 0 Å². The number of anilines is 1. The van der Waals surface area contributed by atoms with E-state index in [9.17, 15) is 4.39 Å². The van der Waals surface area contributed by atoms with Gasteiger partial charge in [-0.2, -0.15) is 0 Å². The van der Waals surface area contributed by atoms with Gasteiger partial charge in [0.1, 0.15) is 11.6 Å². The first-order chi connectivity index (χ1) is 9.51. The van der Waals surface area contributed by atoms with Crippen molar-refractivity contribution >= 4 is 28.9 Å². The molecule has 0 aromatic heterocycles. The minimum absolute atomic E-state index is 0.0763. The van der Waals surface area contributed by atoms with Crippen molar-refractivity contribution in [3.63, 3.8) is 0 Å². The number of rotatable bonds is 4. The van der Waals surface area contributed by atoms with Gasteiger partial charge in [-0.15, -0.1) is 0 Å². The second-order valence-corrected chi connectivity index (χ2v) is 5.20. The van der Waals surface area contributed by atoms with Crippen LogP contribution in [0.5, 0.6) is 5.75 Å². The van der Waals surface area contributed by atoms with Crippen LogP contribution in [0.2, 0.25) is 10.0 Å². The Bertz CT molecular complexity index is 619. The van der Waals surface area contributed by atoms with Gasteiger partial charge in [-0.1, -0.05) is 29.3 Å². The summed E-state index contributed by atoms with van der Waals surface area (Å²) in [4.78, 5) is 0. The van der Waals surface area contributed by atoms with Gasteiger partial charge in [0.05, 0.1) is 12.1 Å². The van der Waals surface area contributed by atoms with Crippen LogP contribution < -0.4 is 10.1 Å². The fraction of sp³-hybridized carbons (Fsp3) is 0.200. The van der Waals surface area contributed by atoms with Crippen molar-refractivity contribution in [2.24, 2.45) is 0 Å². The van der Waals surface area contributed by atoms with E-state index in [0.717, 1.165) is 11.3 Å². The summed E-state index contributed by atoms with van der Waals surface area (Å²) in [6, 6.07) is 9.70. The molecule has 2 rings (SSSR count). The van der Waals surface area contributed by atoms with Crippen LogP contribution in [0.3, 0.4) is 0 Å². The first-order valence-electron chi connectivity index (χ1n) is 6.06. The average molecular weight is 314 g/mol. The molecule has 0 aliphatic rings. The minimum Gasteiger partial charge on any atom is -0.495 e. The molecule has 0 spiro atoms. The molecule has 0 heterocycles. The second kappa shape index (κ2) is 6.33. The maximum absolute atomic E-state index is 13.0. The monoisotopic (exact) mass is 313 g/mol. The Balaban J connectivity index is 2.18. The second-order valence-electron chi connectivity index (χ2n) is 4.38. The molecule has 0 aliphatic heterocycles. The third-order valence-electron chi connectivity index (χ3n) is 2.96. The van der Waals surface area contributed by atoms with E-state index in [0.29, 0.717) is 15.8 Å². The van der Waals surface area contributed by atoms with Crippen molar-refractivity contribution < 1.29 is 9.13 Å². The van der Waals surface area contributed by atoms with E-state index in [4.69, 9.17) is 27.9 Å². The summed E-state index contributed by atoms with van der Waals surface area (Å²) < 4.78 is 18.1. The standard InChI is InChI=1S/C15H14Cl2FNO/c1-9(12-5-3-10(18)7-13(12)16)19-11-4-6-15(20-2)14(17)8-11/h3-9,19H,1-2H3. The molecule has 0 amide bonds. The highest BCUT2D eigenvalue weighted by molar-refractivity contribution is 6.32. The number of hydrogen-bond donors (Lipinski definition) is 1. The Morgan fingerprint density at radius 3 is 2.45 bits per heavy atom. The van der Waals surface area contributed by atoms with Crippen molar-refractivity contribution in [3.8, 4) is 5.75 Å². The number of ether oxygens (including phenoxy) is 1. The van der Waals surface area contributed by atoms with Crippen molar-refractivity contribution in [2.45, 2.75) is 13.0 Å². The fourth-order valence-corrected chi connectivity index (χ4v) is 2.53. The van der Waals surface area contributed by atoms with Crippen LogP contribution in [-0.4, -0.2) is 7.11 Å². The summed E-state index contributed by atoms with van der Waals surface area (Å²) in [6.45, 7) is 1.94. The molecule has 0 bridgehead atoms. The number of benzene rings is 2. The Morgan fingerprint density at radius 1 is 1.10 bits per heavy atom. The highest BCUT2D eigenvalue weighted by Crippen LogP contribution is 2.31. The molecule has 1 atom stereocenters. The Morgan fingerprint density at radius 2 is 1.85 bits per heavy atom. The zero-order valence-corrected chi connectivity index (χ0v) is 12.6. The predicted octanol–water partition coefficient (Wildman–Crippen LogP) is 5.31. The van der Waals surface area contributed by atoms with Crippen LogP contribution in [0.4, 0.5) is 10.1 Å². The molecule has 2 nitrogen and oxygen atoms in total. The minimum atomic E-state index is -0.349. The number of hydrogen-bond acceptors (Lipinski definition) is 2. The summed E-state index contributed by atoms with van der Waals surface area (Å²) in [5.74, 6) is 0.267. The summed E-state index contributed by atoms with van der Waals surface area (Å²) >= 11 is 12.1. The maximum Gasteiger partial charge on any atom is 0.137 e. The number of halogens is 3. The summed E-state index contributed by atoms with van der Waals surface area (Å²) in [5, 5.41) is 4.18. The lowest BCUT2D eigenvalue weighted by Crippen LogP contribution is -2.07. The van der Waals surface area contributed by atoms with E-state index in [-0.39, 0.29) is 11.9 Å². The zero-order chi connectivity index (χ0) is 14.7. The fourth-order valence-electron chi connectivity index (χ4n) is 1.94. The normalized spacial score (nSPS) is 12.1. The van der Waals surface area contributed by atoms with Gasteiger partial charge in [0.25, 0.3) is 0 Å². The van der Waals surface area contributed by atoms with Crippen molar-refractivity contribution in [1.29, 1.82) is 0 Å². The van der Waals surface area contributed by atoms with Crippen molar-refractivity contribution in [2.75, 3.05) is 12.4 Å². The van der Waals surface area contributed by atoms with Gasteiger partial charge < -0.3 is 10.1 Å². The third-order valence-corrected chi connectivity index (χ3v) is 3.59. The molecule has 2 aromatic carbocycles. The molecule has 20 heavy (non-hydrogen) atoms. The molecule has 1 N–H and O–H groups in total. The van der Waals surface area contributed by atoms with E-state index in [1.54, 1.807) is 25.3 Å². The highest BCUT2D eigenvalue weighted by Gasteiger charge is 2.11. The van der Waals surface area contributed by atoms with Gasteiger partial charge in [-0.05, 0) is 42.8 Å². The van der Waals surface area contributed by atoms with Gasteiger partial charge in [0.15, 0.2) is 0 Å². The largest absolute Gasteiger partial charge is 0.495 e. The third kappa shape index (κ3) is 3.35. The van der Waals surface area contributed by atoms with Crippen molar-refractivity contribution in [3.05, 3.63) is 57.8 Å². The van der Waals surface area contributed by atoms with Crippen LogP contribution >= 0.6 is 23.2 Å². The van der Waals surface area contributed by atoms with Crippen LogP contribution in [-0.2, 0) is 0 Å². The lowest BCUT2D eigenvalue weighted by atomic mass is 10.1. The van der Waals surface area contributed by atoms with Gasteiger partial charge in [-0.25, -0.2) is 4.39 Å². The average Bonchev–Trinajstić information content (AvgIpc) is 2.38. The van der Waals surface area contributed by atoms with Gasteiger partial charge in [0, 0.05) is 16.8 Å². The van der Waals surface area contributed by atoms with E-state index in [2.05, 4.69) is 5.32 Å². The van der Waals surface area contributed by atoms with Crippen LogP contribution in [0.25, 0.3) is 0 Å². The SMILES string of the molecule is COc1ccc(NC(C)c2ccc(F)cc2Cl)cc1Cl. The zero-order valence-electron chi connectivity index (χ0n) is 11.1. The van der Waals surface area contributed by atoms with E-state index >= 15 is 0 Å². The summed E-state index contributed by atoms with van der Waals surface area (Å²) in [7, 11) is 1.56. The predicted molar refractivity (Wildman–Crippen MR) is 81.5 cm³/mol. The first kappa shape index (κ1) is 14.9. The summed E-state index contributed by atoms with van der Waals surface area (Å²) in [6.07, 6.45) is 0.